The number of ether oxygens (including phenoxy) is 2. The van der Waals surface area contributed by atoms with Crippen molar-refractivity contribution in [2.45, 2.75) is 33.6 Å². The molecule has 5 nitrogen and oxygen atoms in total. The number of hydrazone groups is 1. The Kier molecular flexibility index (Phi) is 5.73. The van der Waals surface area contributed by atoms with Crippen LogP contribution in [0.3, 0.4) is 0 Å². The molecule has 2 aromatic carbocycles. The summed E-state index contributed by atoms with van der Waals surface area (Å²) in [6.45, 7) is 6.41. The van der Waals surface area contributed by atoms with Gasteiger partial charge in [0.05, 0.1) is 0 Å². The molecule has 0 saturated heterocycles. The first-order valence-corrected chi connectivity index (χ1v) is 8.98. The Bertz CT molecular complexity index is 849. The zero-order chi connectivity index (χ0) is 18.5. The third-order valence-corrected chi connectivity index (χ3v) is 4.38. The van der Waals surface area contributed by atoms with Gasteiger partial charge in [-0.2, -0.15) is 5.10 Å². The fourth-order valence-corrected chi connectivity index (χ4v) is 2.88. The first-order chi connectivity index (χ1) is 12.5. The molecule has 26 heavy (non-hydrogen) atoms. The van der Waals surface area contributed by atoms with Gasteiger partial charge >= 0.3 is 0 Å². The van der Waals surface area contributed by atoms with Crippen molar-refractivity contribution in [1.29, 1.82) is 0 Å². The lowest BCUT2D eigenvalue weighted by Gasteiger charge is -2.11. The summed E-state index contributed by atoms with van der Waals surface area (Å²) in [4.78, 5) is 0. The molecule has 0 fully saturated rings. The van der Waals surface area contributed by atoms with Crippen molar-refractivity contribution in [3.63, 3.8) is 0 Å². The van der Waals surface area contributed by atoms with Gasteiger partial charge in [-0.15, -0.1) is 0 Å². The number of thiocarbonyl (C=S) groups is 1. The van der Waals surface area contributed by atoms with E-state index in [1.54, 1.807) is 0 Å². The Hall–Kier alpha value is -2.60. The van der Waals surface area contributed by atoms with Gasteiger partial charge in [-0.05, 0) is 75.2 Å². The minimum Gasteiger partial charge on any atom is -0.454 e. The van der Waals surface area contributed by atoms with E-state index in [1.165, 1.54) is 11.1 Å². The van der Waals surface area contributed by atoms with Crippen LogP contribution in [0.2, 0.25) is 0 Å². The summed E-state index contributed by atoms with van der Waals surface area (Å²) in [6, 6.07) is 12.2. The van der Waals surface area contributed by atoms with E-state index in [1.807, 2.05) is 25.1 Å². The van der Waals surface area contributed by atoms with Crippen molar-refractivity contribution in [3.8, 4) is 11.5 Å². The van der Waals surface area contributed by atoms with Crippen LogP contribution < -0.4 is 20.2 Å². The molecule has 2 N–H and O–H groups in total. The number of benzene rings is 2. The van der Waals surface area contributed by atoms with Crippen LogP contribution in [-0.2, 0) is 6.42 Å². The number of rotatable bonds is 5. The predicted octanol–water partition coefficient (Wildman–Crippen LogP) is 4.33. The second kappa shape index (κ2) is 8.19. The Morgan fingerprint density at radius 2 is 1.92 bits per heavy atom. The zero-order valence-corrected chi connectivity index (χ0v) is 16.1. The van der Waals surface area contributed by atoms with Crippen molar-refractivity contribution in [1.82, 2.24) is 5.43 Å². The minimum atomic E-state index is 0.300. The summed E-state index contributed by atoms with van der Waals surface area (Å²) in [5.74, 6) is 1.62. The van der Waals surface area contributed by atoms with Crippen molar-refractivity contribution in [3.05, 3.63) is 53.1 Å². The molecule has 3 rings (SSSR count). The summed E-state index contributed by atoms with van der Waals surface area (Å²) < 4.78 is 10.7. The number of aryl methyl sites for hydroxylation is 3. The van der Waals surface area contributed by atoms with E-state index >= 15 is 0 Å². The maximum atomic E-state index is 5.41. The molecule has 0 saturated carbocycles. The number of nitrogens with one attached hydrogen (secondary N) is 2. The van der Waals surface area contributed by atoms with Gasteiger partial charge in [0, 0.05) is 11.4 Å². The van der Waals surface area contributed by atoms with Crippen LogP contribution in [0, 0.1) is 13.8 Å². The maximum Gasteiger partial charge on any atom is 0.231 e. The molecule has 0 unspecified atom stereocenters. The molecule has 0 bridgehead atoms. The topological polar surface area (TPSA) is 54.9 Å². The number of nitrogens with zero attached hydrogens (tertiary/aromatic N) is 1. The van der Waals surface area contributed by atoms with Gasteiger partial charge in [0.25, 0.3) is 0 Å². The third kappa shape index (κ3) is 4.73. The van der Waals surface area contributed by atoms with Crippen LogP contribution in [0.4, 0.5) is 5.69 Å². The highest BCUT2D eigenvalue weighted by Crippen LogP contribution is 2.32. The molecule has 6 heteroatoms. The van der Waals surface area contributed by atoms with Crippen molar-refractivity contribution >= 4 is 28.7 Å². The molecule has 1 aliphatic heterocycles. The number of fused-ring (bicyclic) bond motifs is 1. The second-order valence-electron chi connectivity index (χ2n) is 6.42. The molecule has 0 spiro atoms. The number of hydrogen-bond acceptors (Lipinski definition) is 4. The van der Waals surface area contributed by atoms with Gasteiger partial charge < -0.3 is 14.8 Å². The van der Waals surface area contributed by atoms with Crippen LogP contribution in [0.25, 0.3) is 0 Å². The molecule has 136 valence electrons. The van der Waals surface area contributed by atoms with Crippen molar-refractivity contribution < 1.29 is 9.47 Å². The van der Waals surface area contributed by atoms with Crippen LogP contribution in [0.1, 0.15) is 30.0 Å². The molecule has 0 radical (unpaired) electrons. The van der Waals surface area contributed by atoms with Crippen molar-refractivity contribution in [2.75, 3.05) is 12.1 Å². The van der Waals surface area contributed by atoms with E-state index < -0.39 is 0 Å². The molecule has 1 heterocycles. The van der Waals surface area contributed by atoms with E-state index in [2.05, 4.69) is 47.9 Å². The standard InChI is InChI=1S/C20H23N3O2S/c1-13-4-8-17(14(2)10-13)21-20(26)23-22-15(3)5-6-16-7-9-18-19(11-16)25-12-24-18/h4,7-11H,5-6,12H2,1-3H3,(H2,21,23,26). The highest BCUT2D eigenvalue weighted by molar-refractivity contribution is 7.80. The monoisotopic (exact) mass is 369 g/mol. The molecule has 0 aliphatic carbocycles. The van der Waals surface area contributed by atoms with E-state index in [-0.39, 0.29) is 0 Å². The fraction of sp³-hybridized carbons (Fsp3) is 0.300. The Morgan fingerprint density at radius 3 is 2.73 bits per heavy atom. The average molecular weight is 369 g/mol. The third-order valence-electron chi connectivity index (χ3n) is 4.19. The van der Waals surface area contributed by atoms with Gasteiger partial charge in [-0.25, -0.2) is 0 Å². The van der Waals surface area contributed by atoms with Crippen LogP contribution in [0.5, 0.6) is 11.5 Å². The molecule has 2 aromatic rings. The molecule has 0 aromatic heterocycles. The van der Waals surface area contributed by atoms with E-state index in [0.717, 1.165) is 41.3 Å². The predicted molar refractivity (Wildman–Crippen MR) is 109 cm³/mol. The van der Waals surface area contributed by atoms with E-state index in [4.69, 9.17) is 21.7 Å². The maximum absolute atomic E-state index is 5.41. The van der Waals surface area contributed by atoms with Gasteiger partial charge in [0.2, 0.25) is 6.79 Å². The van der Waals surface area contributed by atoms with E-state index in [0.29, 0.717) is 11.9 Å². The number of hydrogen-bond donors (Lipinski definition) is 2. The largest absolute Gasteiger partial charge is 0.454 e. The van der Waals surface area contributed by atoms with Gasteiger partial charge in [-0.3, -0.25) is 5.43 Å². The van der Waals surface area contributed by atoms with Crippen molar-refractivity contribution in [2.24, 2.45) is 5.10 Å². The smallest absolute Gasteiger partial charge is 0.231 e. The Balaban J connectivity index is 1.49. The summed E-state index contributed by atoms with van der Waals surface area (Å²) in [5.41, 5.74) is 8.45. The molecule has 0 atom stereocenters. The first kappa shape index (κ1) is 18.2. The lowest BCUT2D eigenvalue weighted by molar-refractivity contribution is 0.174. The van der Waals surface area contributed by atoms with Gasteiger partial charge in [-0.1, -0.05) is 23.8 Å². The van der Waals surface area contributed by atoms with Crippen LogP contribution in [-0.4, -0.2) is 17.6 Å². The SMILES string of the molecule is CC(CCc1ccc2c(c1)OCO2)=NNC(=S)Nc1ccc(C)cc1C. The van der Waals surface area contributed by atoms with Crippen LogP contribution in [0.15, 0.2) is 41.5 Å². The summed E-state index contributed by atoms with van der Waals surface area (Å²) in [5, 5.41) is 8.03. The van der Waals surface area contributed by atoms with Crippen LogP contribution >= 0.6 is 12.2 Å². The lowest BCUT2D eigenvalue weighted by Crippen LogP contribution is -2.25. The minimum absolute atomic E-state index is 0.300. The molecular weight excluding hydrogens is 346 g/mol. The lowest BCUT2D eigenvalue weighted by atomic mass is 10.1. The molecule has 1 aliphatic rings. The summed E-state index contributed by atoms with van der Waals surface area (Å²) >= 11 is 5.32. The first-order valence-electron chi connectivity index (χ1n) is 8.57. The zero-order valence-electron chi connectivity index (χ0n) is 15.3. The highest BCUT2D eigenvalue weighted by Gasteiger charge is 2.13. The number of anilines is 1. The normalized spacial score (nSPS) is 12.8. The van der Waals surface area contributed by atoms with Gasteiger partial charge in [0.15, 0.2) is 16.6 Å². The second-order valence-corrected chi connectivity index (χ2v) is 6.83. The van der Waals surface area contributed by atoms with Gasteiger partial charge in [0.1, 0.15) is 0 Å². The molecule has 0 amide bonds. The Labute approximate surface area is 159 Å². The van der Waals surface area contributed by atoms with E-state index in [9.17, 15) is 0 Å². The quantitative estimate of drug-likeness (QED) is 0.467. The fourth-order valence-electron chi connectivity index (χ4n) is 2.73. The average Bonchev–Trinajstić information content (AvgIpc) is 3.08. The summed E-state index contributed by atoms with van der Waals surface area (Å²) in [7, 11) is 0. The highest BCUT2D eigenvalue weighted by atomic mass is 32.1. The Morgan fingerprint density at radius 1 is 1.12 bits per heavy atom. The summed E-state index contributed by atoms with van der Waals surface area (Å²) in [6.07, 6.45) is 1.71. The molecular formula is C20H23N3O2S.